The third kappa shape index (κ3) is 7.58. The fourth-order valence-corrected chi connectivity index (χ4v) is 3.59. The first-order chi connectivity index (χ1) is 16.1. The molecule has 5 heteroatoms. The fourth-order valence-electron chi connectivity index (χ4n) is 3.59. The Morgan fingerprint density at radius 1 is 0.818 bits per heavy atom. The quantitative estimate of drug-likeness (QED) is 0.265. The molecule has 0 aliphatic carbocycles. The fraction of sp³-hybridized carbons (Fsp3) is 0.286. The number of carbonyl (C=O) groups excluding carboxylic acids is 1. The van der Waals surface area contributed by atoms with Gasteiger partial charge in [-0.05, 0) is 48.1 Å². The van der Waals surface area contributed by atoms with Crippen molar-refractivity contribution < 1.29 is 24.2 Å². The highest BCUT2D eigenvalue weighted by molar-refractivity contribution is 5.96. The highest BCUT2D eigenvalue weighted by Gasteiger charge is 2.17. The van der Waals surface area contributed by atoms with Gasteiger partial charge in [-0.15, -0.1) is 0 Å². The lowest BCUT2D eigenvalue weighted by molar-refractivity contribution is -0.148. The van der Waals surface area contributed by atoms with E-state index in [9.17, 15) is 9.59 Å². The number of ether oxygens (including phenoxy) is 2. The molecule has 0 aliphatic heterocycles. The minimum atomic E-state index is -0.995. The third-order valence-corrected chi connectivity index (χ3v) is 5.54. The van der Waals surface area contributed by atoms with Gasteiger partial charge in [-0.1, -0.05) is 66.7 Å². The second-order valence-electron chi connectivity index (χ2n) is 7.94. The molecule has 0 aromatic heterocycles. The molecule has 3 aromatic carbocycles. The molecule has 0 radical (unpaired) electrons. The summed E-state index contributed by atoms with van der Waals surface area (Å²) in [5, 5.41) is 9.07. The summed E-state index contributed by atoms with van der Waals surface area (Å²) >= 11 is 0. The minimum absolute atomic E-state index is 0.0977. The topological polar surface area (TPSA) is 72.8 Å². The van der Waals surface area contributed by atoms with E-state index in [1.54, 1.807) is 24.3 Å². The number of Topliss-reactive ketones (excluding diaryl/α,β-unsaturated/α-hetero) is 1. The molecule has 0 aliphatic rings. The van der Waals surface area contributed by atoms with Crippen molar-refractivity contribution in [2.45, 2.75) is 38.2 Å². The van der Waals surface area contributed by atoms with Crippen LogP contribution in [0.25, 0.3) is 11.1 Å². The molecule has 1 atom stereocenters. The van der Waals surface area contributed by atoms with E-state index in [-0.39, 0.29) is 12.2 Å². The number of benzene rings is 3. The number of unbranched alkanes of at least 4 members (excludes halogenated alkanes) is 2. The molecule has 3 rings (SSSR count). The van der Waals surface area contributed by atoms with E-state index < -0.39 is 12.1 Å². The molecule has 33 heavy (non-hydrogen) atoms. The van der Waals surface area contributed by atoms with E-state index in [1.807, 2.05) is 30.3 Å². The van der Waals surface area contributed by atoms with Gasteiger partial charge in [0.2, 0.25) is 0 Å². The number of ketones is 1. The molecule has 0 bridgehead atoms. The zero-order valence-corrected chi connectivity index (χ0v) is 18.9. The van der Waals surface area contributed by atoms with Crippen LogP contribution in [-0.4, -0.2) is 36.7 Å². The molecule has 0 spiro atoms. The van der Waals surface area contributed by atoms with Gasteiger partial charge in [0.15, 0.2) is 11.9 Å². The second-order valence-corrected chi connectivity index (χ2v) is 7.94. The summed E-state index contributed by atoms with van der Waals surface area (Å²) in [6.45, 7) is 0.623. The summed E-state index contributed by atoms with van der Waals surface area (Å²) < 4.78 is 10.8. The Morgan fingerprint density at radius 3 is 2.12 bits per heavy atom. The summed E-state index contributed by atoms with van der Waals surface area (Å²) in [5.74, 6) is -0.0456. The van der Waals surface area contributed by atoms with Crippen LogP contribution in [0.3, 0.4) is 0 Å². The Bertz CT molecular complexity index is 1010. The van der Waals surface area contributed by atoms with Crippen molar-refractivity contribution in [3.63, 3.8) is 0 Å². The van der Waals surface area contributed by atoms with Gasteiger partial charge in [-0.2, -0.15) is 0 Å². The van der Waals surface area contributed by atoms with Crippen molar-refractivity contribution >= 4 is 11.8 Å². The molecule has 5 nitrogen and oxygen atoms in total. The Kier molecular flexibility index (Phi) is 9.21. The summed E-state index contributed by atoms with van der Waals surface area (Å²) in [6, 6.07) is 25.4. The van der Waals surface area contributed by atoms with E-state index >= 15 is 0 Å². The normalized spacial score (nSPS) is 11.7. The summed E-state index contributed by atoms with van der Waals surface area (Å²) in [7, 11) is 1.38. The van der Waals surface area contributed by atoms with Crippen molar-refractivity contribution in [2.75, 3.05) is 13.7 Å². The molecular weight excluding hydrogens is 416 g/mol. The van der Waals surface area contributed by atoms with Crippen molar-refractivity contribution in [3.8, 4) is 16.9 Å². The van der Waals surface area contributed by atoms with Crippen LogP contribution in [0, 0.1) is 0 Å². The van der Waals surface area contributed by atoms with Crippen LogP contribution in [0.4, 0.5) is 0 Å². The van der Waals surface area contributed by atoms with E-state index in [1.165, 1.54) is 12.7 Å². The average molecular weight is 447 g/mol. The molecule has 172 valence electrons. The standard InChI is InChI=1S/C28H30O5/c1-32-27(28(30)31)20-21-11-13-24(14-12-21)26(29)10-6-3-7-19-33-25-17-15-23(16-18-25)22-8-4-2-5-9-22/h2,4-5,8-9,11-18,27H,3,6-7,10,19-20H2,1H3,(H,30,31). The van der Waals surface area contributed by atoms with Crippen LogP contribution in [0.5, 0.6) is 5.75 Å². The number of carboxylic acids is 1. The first-order valence-corrected chi connectivity index (χ1v) is 11.2. The van der Waals surface area contributed by atoms with E-state index in [4.69, 9.17) is 14.6 Å². The van der Waals surface area contributed by atoms with Gasteiger partial charge in [0, 0.05) is 25.5 Å². The Hall–Kier alpha value is -3.44. The maximum Gasteiger partial charge on any atom is 0.333 e. The summed E-state index contributed by atoms with van der Waals surface area (Å²) in [6.07, 6.45) is 2.49. The SMILES string of the molecule is COC(Cc1ccc(C(=O)CCCCCOc2ccc(-c3ccccc3)cc2)cc1)C(=O)O. The predicted molar refractivity (Wildman–Crippen MR) is 129 cm³/mol. The highest BCUT2D eigenvalue weighted by atomic mass is 16.5. The first kappa shape index (κ1) is 24.2. The van der Waals surface area contributed by atoms with Gasteiger partial charge in [-0.25, -0.2) is 4.79 Å². The molecule has 0 saturated carbocycles. The summed E-state index contributed by atoms with van der Waals surface area (Å²) in [4.78, 5) is 23.5. The van der Waals surface area contributed by atoms with Crippen LogP contribution in [0.2, 0.25) is 0 Å². The van der Waals surface area contributed by atoms with Gasteiger partial charge < -0.3 is 14.6 Å². The number of carboxylic acid groups (broad SMARTS) is 1. The van der Waals surface area contributed by atoms with Crippen molar-refractivity contribution in [2.24, 2.45) is 0 Å². The lowest BCUT2D eigenvalue weighted by Crippen LogP contribution is -2.24. The smallest absolute Gasteiger partial charge is 0.333 e. The number of rotatable bonds is 13. The molecular formula is C28H30O5. The predicted octanol–water partition coefficient (Wildman–Crippen LogP) is 5.82. The molecule has 0 amide bonds. The van der Waals surface area contributed by atoms with Crippen LogP contribution >= 0.6 is 0 Å². The number of carbonyl (C=O) groups is 2. The zero-order chi connectivity index (χ0) is 23.5. The van der Waals surface area contributed by atoms with Crippen molar-refractivity contribution in [3.05, 3.63) is 90.0 Å². The lowest BCUT2D eigenvalue weighted by atomic mass is 10.0. The Balaban J connectivity index is 1.34. The van der Waals surface area contributed by atoms with Crippen molar-refractivity contribution in [1.29, 1.82) is 0 Å². The van der Waals surface area contributed by atoms with Gasteiger partial charge in [-0.3, -0.25) is 4.79 Å². The lowest BCUT2D eigenvalue weighted by Gasteiger charge is -2.10. The number of hydrogen-bond acceptors (Lipinski definition) is 4. The molecule has 0 saturated heterocycles. The van der Waals surface area contributed by atoms with Crippen LogP contribution in [-0.2, 0) is 16.0 Å². The molecule has 1 unspecified atom stereocenters. The van der Waals surface area contributed by atoms with Crippen molar-refractivity contribution in [1.82, 2.24) is 0 Å². The van der Waals surface area contributed by atoms with E-state index in [0.717, 1.165) is 36.1 Å². The van der Waals surface area contributed by atoms with Crippen LogP contribution in [0.15, 0.2) is 78.9 Å². The van der Waals surface area contributed by atoms with E-state index in [0.29, 0.717) is 18.6 Å². The Labute approximate surface area is 195 Å². The number of methoxy groups -OCH3 is 1. The first-order valence-electron chi connectivity index (χ1n) is 11.2. The van der Waals surface area contributed by atoms with E-state index in [2.05, 4.69) is 24.3 Å². The van der Waals surface area contributed by atoms with Gasteiger partial charge in [0.05, 0.1) is 6.61 Å². The largest absolute Gasteiger partial charge is 0.494 e. The maximum atomic E-state index is 12.4. The maximum absolute atomic E-state index is 12.4. The van der Waals surface area contributed by atoms with Gasteiger partial charge in [0.25, 0.3) is 0 Å². The van der Waals surface area contributed by atoms with Gasteiger partial charge >= 0.3 is 5.97 Å². The monoisotopic (exact) mass is 446 g/mol. The molecule has 3 aromatic rings. The van der Waals surface area contributed by atoms with Gasteiger partial charge in [0.1, 0.15) is 5.75 Å². The zero-order valence-electron chi connectivity index (χ0n) is 18.9. The third-order valence-electron chi connectivity index (χ3n) is 5.54. The number of aliphatic carboxylic acids is 1. The number of hydrogen-bond donors (Lipinski definition) is 1. The van der Waals surface area contributed by atoms with Crippen LogP contribution < -0.4 is 4.74 Å². The molecule has 0 fully saturated rings. The highest BCUT2D eigenvalue weighted by Crippen LogP contribution is 2.22. The van der Waals surface area contributed by atoms with Crippen LogP contribution in [0.1, 0.15) is 41.6 Å². The second kappa shape index (κ2) is 12.6. The molecule has 1 N–H and O–H groups in total. The average Bonchev–Trinajstić information content (AvgIpc) is 2.85. The Morgan fingerprint density at radius 2 is 1.48 bits per heavy atom. The molecule has 0 heterocycles. The minimum Gasteiger partial charge on any atom is -0.494 e. The summed E-state index contributed by atoms with van der Waals surface area (Å²) in [5.41, 5.74) is 3.82.